The number of morpholine rings is 1. The highest BCUT2D eigenvalue weighted by Gasteiger charge is 2.26. The average Bonchev–Trinajstić information content (AvgIpc) is 2.73. The molecule has 9 heteroatoms. The molecule has 1 aliphatic rings. The summed E-state index contributed by atoms with van der Waals surface area (Å²) in [5.74, 6) is -1.04. The summed E-state index contributed by atoms with van der Waals surface area (Å²) in [6.07, 6.45) is 0. The second kappa shape index (κ2) is 8.59. The number of nitrogens with zero attached hydrogens (tertiary/aromatic N) is 2. The predicted molar refractivity (Wildman–Crippen MR) is 102 cm³/mol. The van der Waals surface area contributed by atoms with Crippen LogP contribution in [-0.4, -0.2) is 50.6 Å². The number of ether oxygens (including phenoxy) is 1. The van der Waals surface area contributed by atoms with E-state index in [0.29, 0.717) is 18.9 Å². The van der Waals surface area contributed by atoms with Crippen molar-refractivity contribution in [3.63, 3.8) is 0 Å². The highest BCUT2D eigenvalue weighted by atomic mass is 32.2. The molecular weight excluding hydrogens is 385 g/mol. The molecule has 0 aromatic heterocycles. The van der Waals surface area contributed by atoms with Crippen LogP contribution in [0.2, 0.25) is 0 Å². The maximum atomic E-state index is 13.8. The van der Waals surface area contributed by atoms with Gasteiger partial charge in [-0.15, -0.1) is 0 Å². The number of hydrogen-bond donors (Lipinski definition) is 1. The van der Waals surface area contributed by atoms with E-state index in [0.717, 1.165) is 0 Å². The molecule has 0 atom stereocenters. The molecule has 148 valence electrons. The van der Waals surface area contributed by atoms with Gasteiger partial charge >= 0.3 is 0 Å². The molecule has 1 saturated heterocycles. The van der Waals surface area contributed by atoms with Crippen molar-refractivity contribution in [2.45, 2.75) is 11.8 Å². The molecule has 0 saturated carbocycles. The van der Waals surface area contributed by atoms with E-state index >= 15 is 0 Å². The van der Waals surface area contributed by atoms with E-state index in [1.165, 1.54) is 34.6 Å². The number of sulfonamides is 1. The number of hydrazone groups is 1. The number of rotatable bonds is 5. The van der Waals surface area contributed by atoms with E-state index in [4.69, 9.17) is 4.74 Å². The van der Waals surface area contributed by atoms with E-state index in [-0.39, 0.29) is 29.1 Å². The molecule has 1 N–H and O–H groups in total. The van der Waals surface area contributed by atoms with Crippen molar-refractivity contribution in [2.75, 3.05) is 26.3 Å². The average molecular weight is 405 g/mol. The molecule has 0 radical (unpaired) electrons. The largest absolute Gasteiger partial charge is 0.379 e. The minimum Gasteiger partial charge on any atom is -0.379 e. The van der Waals surface area contributed by atoms with Gasteiger partial charge in [-0.1, -0.05) is 24.3 Å². The number of amides is 1. The Morgan fingerprint density at radius 2 is 1.86 bits per heavy atom. The lowest BCUT2D eigenvalue weighted by molar-refractivity contribution is 0.0730. The molecular formula is C19H20FN3O4S. The fourth-order valence-corrected chi connectivity index (χ4v) is 4.20. The van der Waals surface area contributed by atoms with Gasteiger partial charge in [-0.05, 0) is 31.2 Å². The molecule has 0 spiro atoms. The third-order valence-electron chi connectivity index (χ3n) is 4.29. The number of carbonyl (C=O) groups excluding carboxylic acids is 1. The Balaban J connectivity index is 1.77. The number of benzene rings is 2. The molecule has 0 bridgehead atoms. The van der Waals surface area contributed by atoms with Crippen molar-refractivity contribution in [1.29, 1.82) is 0 Å². The highest BCUT2D eigenvalue weighted by molar-refractivity contribution is 7.89. The third-order valence-corrected chi connectivity index (χ3v) is 6.19. The Bertz CT molecular complexity index is 1000. The summed E-state index contributed by atoms with van der Waals surface area (Å²) in [5.41, 5.74) is 3.04. The first-order valence-corrected chi connectivity index (χ1v) is 10.1. The van der Waals surface area contributed by atoms with Crippen LogP contribution in [0.25, 0.3) is 0 Å². The minimum absolute atomic E-state index is 0.0249. The van der Waals surface area contributed by atoms with Crippen LogP contribution in [0, 0.1) is 5.82 Å². The molecule has 0 aliphatic carbocycles. The monoisotopic (exact) mass is 405 g/mol. The Hall–Kier alpha value is -2.62. The number of nitrogens with one attached hydrogen (secondary N) is 1. The van der Waals surface area contributed by atoms with E-state index < -0.39 is 21.7 Å². The van der Waals surface area contributed by atoms with Crippen molar-refractivity contribution in [1.82, 2.24) is 9.73 Å². The Morgan fingerprint density at radius 3 is 2.57 bits per heavy atom. The number of hydrogen-bond acceptors (Lipinski definition) is 5. The molecule has 28 heavy (non-hydrogen) atoms. The molecule has 3 rings (SSSR count). The van der Waals surface area contributed by atoms with Crippen LogP contribution in [0.1, 0.15) is 22.8 Å². The summed E-state index contributed by atoms with van der Waals surface area (Å²) in [6, 6.07) is 11.8. The van der Waals surface area contributed by atoms with E-state index in [9.17, 15) is 17.6 Å². The predicted octanol–water partition coefficient (Wildman–Crippen LogP) is 2.00. The zero-order chi connectivity index (χ0) is 20.1. The molecule has 7 nitrogen and oxygen atoms in total. The van der Waals surface area contributed by atoms with E-state index in [2.05, 4.69) is 10.5 Å². The van der Waals surface area contributed by atoms with Crippen LogP contribution in [0.5, 0.6) is 0 Å². The van der Waals surface area contributed by atoms with Gasteiger partial charge in [0.25, 0.3) is 5.91 Å². The second-order valence-corrected chi connectivity index (χ2v) is 8.10. The van der Waals surface area contributed by atoms with Crippen LogP contribution >= 0.6 is 0 Å². The van der Waals surface area contributed by atoms with Gasteiger partial charge < -0.3 is 4.74 Å². The number of halogens is 1. The minimum atomic E-state index is -3.71. The van der Waals surface area contributed by atoms with Gasteiger partial charge in [0.15, 0.2) is 0 Å². The van der Waals surface area contributed by atoms with Gasteiger partial charge in [0.2, 0.25) is 10.0 Å². The van der Waals surface area contributed by atoms with Gasteiger partial charge in [-0.3, -0.25) is 4.79 Å². The van der Waals surface area contributed by atoms with Crippen molar-refractivity contribution in [3.05, 3.63) is 65.5 Å². The first-order valence-electron chi connectivity index (χ1n) is 8.67. The van der Waals surface area contributed by atoms with Crippen molar-refractivity contribution in [3.8, 4) is 0 Å². The summed E-state index contributed by atoms with van der Waals surface area (Å²) in [4.78, 5) is 12.4. The first kappa shape index (κ1) is 20.1. The maximum absolute atomic E-state index is 13.8. The zero-order valence-electron chi connectivity index (χ0n) is 15.3. The lowest BCUT2D eigenvalue weighted by Crippen LogP contribution is -2.40. The van der Waals surface area contributed by atoms with Crippen LogP contribution in [0.4, 0.5) is 4.39 Å². The first-order chi connectivity index (χ1) is 13.4. The third kappa shape index (κ3) is 4.44. The molecule has 2 aromatic rings. The van der Waals surface area contributed by atoms with Crippen LogP contribution in [0.3, 0.4) is 0 Å². The second-order valence-electron chi connectivity index (χ2n) is 6.16. The van der Waals surface area contributed by atoms with E-state index in [1.54, 1.807) is 25.1 Å². The van der Waals surface area contributed by atoms with Crippen molar-refractivity contribution < 1.29 is 22.3 Å². The summed E-state index contributed by atoms with van der Waals surface area (Å²) < 4.78 is 45.7. The quantitative estimate of drug-likeness (QED) is 0.609. The van der Waals surface area contributed by atoms with Crippen LogP contribution in [0.15, 0.2) is 58.5 Å². The summed E-state index contributed by atoms with van der Waals surface area (Å²) in [6.45, 7) is 2.78. The van der Waals surface area contributed by atoms with Gasteiger partial charge in [0.1, 0.15) is 5.82 Å². The SMILES string of the molecule is CC(=NNC(=O)c1cccc(S(=O)(=O)N2CCOCC2)c1)c1ccccc1F. The van der Waals surface area contributed by atoms with E-state index in [1.807, 2.05) is 0 Å². The molecule has 1 aliphatic heterocycles. The van der Waals surface area contributed by atoms with Gasteiger partial charge in [0.05, 0.1) is 23.8 Å². The standard InChI is InChI=1S/C19H20FN3O4S/c1-14(17-7-2-3-8-18(17)20)21-22-19(24)15-5-4-6-16(13-15)28(25,26)23-9-11-27-12-10-23/h2-8,13H,9-12H2,1H3,(H,22,24). The van der Waals surface area contributed by atoms with Gasteiger partial charge in [-0.2, -0.15) is 9.41 Å². The van der Waals surface area contributed by atoms with Gasteiger partial charge in [0, 0.05) is 24.2 Å². The Labute approximate surface area is 162 Å². The lowest BCUT2D eigenvalue weighted by Gasteiger charge is -2.26. The van der Waals surface area contributed by atoms with Crippen molar-refractivity contribution in [2.24, 2.45) is 5.10 Å². The number of carbonyl (C=O) groups is 1. The molecule has 1 amide bonds. The van der Waals surface area contributed by atoms with Crippen LogP contribution < -0.4 is 5.43 Å². The smallest absolute Gasteiger partial charge is 0.271 e. The molecule has 0 unspecified atom stereocenters. The molecule has 1 fully saturated rings. The normalized spacial score (nSPS) is 16.0. The summed E-state index contributed by atoms with van der Waals surface area (Å²) >= 11 is 0. The Kier molecular flexibility index (Phi) is 6.18. The lowest BCUT2D eigenvalue weighted by atomic mass is 10.1. The molecule has 2 aromatic carbocycles. The zero-order valence-corrected chi connectivity index (χ0v) is 16.1. The fraction of sp³-hybridized carbons (Fsp3) is 0.263. The topological polar surface area (TPSA) is 88.1 Å². The summed E-state index contributed by atoms with van der Waals surface area (Å²) in [5, 5.41) is 3.91. The summed E-state index contributed by atoms with van der Waals surface area (Å²) in [7, 11) is -3.71. The van der Waals surface area contributed by atoms with Crippen molar-refractivity contribution >= 4 is 21.6 Å². The highest BCUT2D eigenvalue weighted by Crippen LogP contribution is 2.18. The van der Waals surface area contributed by atoms with Gasteiger partial charge in [-0.25, -0.2) is 18.2 Å². The fourth-order valence-electron chi connectivity index (χ4n) is 2.75. The maximum Gasteiger partial charge on any atom is 0.271 e. The van der Waals surface area contributed by atoms with Crippen LogP contribution in [-0.2, 0) is 14.8 Å². The Morgan fingerprint density at radius 1 is 1.14 bits per heavy atom. The molecule has 1 heterocycles.